The summed E-state index contributed by atoms with van der Waals surface area (Å²) in [4.78, 5) is 0. The van der Waals surface area contributed by atoms with Crippen LogP contribution >= 0.6 is 0 Å². The van der Waals surface area contributed by atoms with Crippen LogP contribution in [0.5, 0.6) is 0 Å². The summed E-state index contributed by atoms with van der Waals surface area (Å²) in [7, 11) is 0. The number of fused-ring (bicyclic) bond motifs is 2. The molecule has 1 saturated heterocycles. The van der Waals surface area contributed by atoms with Crippen LogP contribution in [0.25, 0.3) is 0 Å². The van der Waals surface area contributed by atoms with Crippen molar-refractivity contribution in [2.24, 2.45) is 17.8 Å². The fourth-order valence-corrected chi connectivity index (χ4v) is 4.41. The van der Waals surface area contributed by atoms with Crippen LogP contribution in [0.2, 0.25) is 0 Å². The molecule has 0 aromatic heterocycles. The summed E-state index contributed by atoms with van der Waals surface area (Å²) in [5.74, 6) is 2.78. The van der Waals surface area contributed by atoms with E-state index in [0.717, 1.165) is 43.6 Å². The minimum Gasteiger partial charge on any atom is -0.393 e. The van der Waals surface area contributed by atoms with Gasteiger partial charge in [-0.1, -0.05) is 6.42 Å². The van der Waals surface area contributed by atoms with E-state index >= 15 is 0 Å². The molecule has 5 atom stereocenters. The quantitative estimate of drug-likeness (QED) is 0.815. The normalized spacial score (nSPS) is 42.9. The Balaban J connectivity index is 1.42. The number of aliphatic hydroxyl groups is 1. The summed E-state index contributed by atoms with van der Waals surface area (Å²) in [6, 6.07) is 0. The third kappa shape index (κ3) is 2.85. The molecule has 5 unspecified atom stereocenters. The fourth-order valence-electron chi connectivity index (χ4n) is 4.41. The van der Waals surface area contributed by atoms with Crippen LogP contribution in [-0.4, -0.2) is 23.9 Å². The molecule has 98 valence electrons. The Kier molecular flexibility index (Phi) is 3.72. The lowest BCUT2D eigenvalue weighted by Crippen LogP contribution is -2.27. The molecular formula is C15H26O2. The lowest BCUT2D eigenvalue weighted by molar-refractivity contribution is -0.0208. The molecule has 0 amide bonds. The maximum Gasteiger partial charge on any atom is 0.0599 e. The number of ether oxygens (including phenoxy) is 1. The van der Waals surface area contributed by atoms with Gasteiger partial charge in [-0.25, -0.2) is 0 Å². The maximum atomic E-state index is 10.2. The summed E-state index contributed by atoms with van der Waals surface area (Å²) >= 11 is 0. The third-order valence-corrected chi connectivity index (χ3v) is 5.27. The first-order valence-electron chi connectivity index (χ1n) is 7.61. The molecule has 2 nitrogen and oxygen atoms in total. The Bertz CT molecular complexity index is 247. The van der Waals surface area contributed by atoms with E-state index in [1.165, 1.54) is 38.5 Å². The molecule has 1 N–H and O–H groups in total. The standard InChI is InChI=1S/C15H26O2/c16-14(10-15-3-1-2-6-17-15)9-13-8-11-4-5-12(13)7-11/h11-16H,1-10H2. The second-order valence-corrected chi connectivity index (χ2v) is 6.55. The minimum atomic E-state index is -0.109. The molecule has 17 heavy (non-hydrogen) atoms. The SMILES string of the molecule is OC(CC1CCCCO1)CC1CC2CCC1C2. The van der Waals surface area contributed by atoms with Crippen LogP contribution in [0.4, 0.5) is 0 Å². The highest BCUT2D eigenvalue weighted by Crippen LogP contribution is 2.50. The van der Waals surface area contributed by atoms with Crippen LogP contribution in [0, 0.1) is 17.8 Å². The average molecular weight is 238 g/mol. The van der Waals surface area contributed by atoms with Gasteiger partial charge in [0, 0.05) is 6.61 Å². The van der Waals surface area contributed by atoms with Gasteiger partial charge in [0.05, 0.1) is 12.2 Å². The summed E-state index contributed by atoms with van der Waals surface area (Å²) in [6.07, 6.45) is 11.6. The predicted molar refractivity (Wildman–Crippen MR) is 67.8 cm³/mol. The minimum absolute atomic E-state index is 0.109. The fraction of sp³-hybridized carbons (Fsp3) is 1.00. The first-order chi connectivity index (χ1) is 8.31. The number of aliphatic hydroxyl groups excluding tert-OH is 1. The van der Waals surface area contributed by atoms with Gasteiger partial charge >= 0.3 is 0 Å². The van der Waals surface area contributed by atoms with E-state index in [0.29, 0.717) is 6.10 Å². The Morgan fingerprint density at radius 1 is 1.06 bits per heavy atom. The molecule has 1 aliphatic heterocycles. The van der Waals surface area contributed by atoms with Crippen LogP contribution < -0.4 is 0 Å². The zero-order chi connectivity index (χ0) is 11.7. The van der Waals surface area contributed by atoms with Crippen LogP contribution in [-0.2, 0) is 4.74 Å². The molecule has 2 bridgehead atoms. The van der Waals surface area contributed by atoms with Crippen molar-refractivity contribution in [3.05, 3.63) is 0 Å². The Labute approximate surface area is 105 Å². The lowest BCUT2D eigenvalue weighted by atomic mass is 9.83. The van der Waals surface area contributed by atoms with Gasteiger partial charge in [-0.15, -0.1) is 0 Å². The Morgan fingerprint density at radius 2 is 2.00 bits per heavy atom. The van der Waals surface area contributed by atoms with Crippen molar-refractivity contribution in [3.8, 4) is 0 Å². The van der Waals surface area contributed by atoms with E-state index in [2.05, 4.69) is 0 Å². The van der Waals surface area contributed by atoms with Crippen LogP contribution in [0.15, 0.2) is 0 Å². The Morgan fingerprint density at radius 3 is 2.65 bits per heavy atom. The van der Waals surface area contributed by atoms with Gasteiger partial charge in [-0.2, -0.15) is 0 Å². The lowest BCUT2D eigenvalue weighted by Gasteiger charge is -2.28. The van der Waals surface area contributed by atoms with Gasteiger partial charge in [-0.3, -0.25) is 0 Å². The highest BCUT2D eigenvalue weighted by Gasteiger charge is 2.40. The van der Waals surface area contributed by atoms with Gasteiger partial charge in [-0.05, 0) is 69.1 Å². The molecule has 2 aliphatic carbocycles. The molecule has 1 heterocycles. The van der Waals surface area contributed by atoms with Crippen molar-refractivity contribution >= 4 is 0 Å². The molecular weight excluding hydrogens is 212 g/mol. The smallest absolute Gasteiger partial charge is 0.0599 e. The van der Waals surface area contributed by atoms with E-state index in [1.807, 2.05) is 0 Å². The number of rotatable bonds is 4. The van der Waals surface area contributed by atoms with Crippen molar-refractivity contribution in [2.45, 2.75) is 70.0 Å². The summed E-state index contributed by atoms with van der Waals surface area (Å²) in [6.45, 7) is 0.908. The van der Waals surface area contributed by atoms with Crippen molar-refractivity contribution in [1.82, 2.24) is 0 Å². The molecule has 0 radical (unpaired) electrons. The zero-order valence-electron chi connectivity index (χ0n) is 10.8. The highest BCUT2D eigenvalue weighted by atomic mass is 16.5. The van der Waals surface area contributed by atoms with E-state index in [1.54, 1.807) is 0 Å². The van der Waals surface area contributed by atoms with Gasteiger partial charge in [0.2, 0.25) is 0 Å². The van der Waals surface area contributed by atoms with Crippen molar-refractivity contribution in [2.75, 3.05) is 6.61 Å². The van der Waals surface area contributed by atoms with Crippen molar-refractivity contribution in [1.29, 1.82) is 0 Å². The molecule has 0 aromatic carbocycles. The summed E-state index contributed by atoms with van der Waals surface area (Å²) in [5.41, 5.74) is 0. The predicted octanol–water partition coefficient (Wildman–Crippen LogP) is 3.13. The third-order valence-electron chi connectivity index (χ3n) is 5.27. The monoisotopic (exact) mass is 238 g/mol. The van der Waals surface area contributed by atoms with Gasteiger partial charge in [0.1, 0.15) is 0 Å². The molecule has 3 rings (SSSR count). The van der Waals surface area contributed by atoms with E-state index in [9.17, 15) is 5.11 Å². The second-order valence-electron chi connectivity index (χ2n) is 6.55. The first-order valence-corrected chi connectivity index (χ1v) is 7.61. The number of hydrogen-bond acceptors (Lipinski definition) is 2. The van der Waals surface area contributed by atoms with E-state index in [4.69, 9.17) is 4.74 Å². The summed E-state index contributed by atoms with van der Waals surface area (Å²) in [5, 5.41) is 10.2. The average Bonchev–Trinajstić information content (AvgIpc) is 2.92. The molecule has 3 fully saturated rings. The Hall–Kier alpha value is -0.0800. The second kappa shape index (κ2) is 5.27. The molecule has 0 aromatic rings. The molecule has 2 saturated carbocycles. The first kappa shape index (κ1) is 12.0. The molecule has 2 heteroatoms. The number of hydrogen-bond donors (Lipinski definition) is 1. The van der Waals surface area contributed by atoms with Crippen molar-refractivity contribution < 1.29 is 9.84 Å². The van der Waals surface area contributed by atoms with E-state index < -0.39 is 0 Å². The summed E-state index contributed by atoms with van der Waals surface area (Å²) < 4.78 is 5.72. The largest absolute Gasteiger partial charge is 0.393 e. The van der Waals surface area contributed by atoms with Crippen LogP contribution in [0.1, 0.15) is 57.8 Å². The van der Waals surface area contributed by atoms with Gasteiger partial charge in [0.15, 0.2) is 0 Å². The van der Waals surface area contributed by atoms with Crippen molar-refractivity contribution in [3.63, 3.8) is 0 Å². The van der Waals surface area contributed by atoms with Gasteiger partial charge < -0.3 is 9.84 Å². The van der Waals surface area contributed by atoms with Gasteiger partial charge in [0.25, 0.3) is 0 Å². The maximum absolute atomic E-state index is 10.2. The highest BCUT2D eigenvalue weighted by molar-refractivity contribution is 4.91. The molecule has 3 aliphatic rings. The van der Waals surface area contributed by atoms with E-state index in [-0.39, 0.29) is 6.10 Å². The zero-order valence-corrected chi connectivity index (χ0v) is 10.8. The van der Waals surface area contributed by atoms with Crippen LogP contribution in [0.3, 0.4) is 0 Å². The topological polar surface area (TPSA) is 29.5 Å². The molecule has 0 spiro atoms.